The predicted molar refractivity (Wildman–Crippen MR) is 62.8 cm³/mol. The summed E-state index contributed by atoms with van der Waals surface area (Å²) in [7, 11) is 0. The van der Waals surface area contributed by atoms with Gasteiger partial charge in [0, 0.05) is 6.42 Å². The van der Waals surface area contributed by atoms with Gasteiger partial charge in [0.1, 0.15) is 16.9 Å². The average Bonchev–Trinajstić information content (AvgIpc) is 3.20. The molecule has 0 saturated heterocycles. The van der Waals surface area contributed by atoms with Gasteiger partial charge in [-0.05, 0) is 31.6 Å². The number of H-pyrrole nitrogens is 1. The van der Waals surface area contributed by atoms with E-state index in [1.807, 2.05) is 4.68 Å². The molecular weight excluding hydrogens is 216 g/mol. The Hall–Kier alpha value is -1.65. The van der Waals surface area contributed by atoms with E-state index in [9.17, 15) is 4.79 Å². The molecule has 17 heavy (non-hydrogen) atoms. The van der Waals surface area contributed by atoms with Gasteiger partial charge in [-0.2, -0.15) is 10.1 Å². The Morgan fingerprint density at radius 1 is 1.35 bits per heavy atom. The van der Waals surface area contributed by atoms with Crippen molar-refractivity contribution in [3.8, 4) is 0 Å². The first-order valence-corrected chi connectivity index (χ1v) is 6.27. The Balaban J connectivity index is 1.86. The van der Waals surface area contributed by atoms with E-state index in [0.29, 0.717) is 11.4 Å². The molecule has 88 valence electrons. The maximum Gasteiger partial charge on any atom is 0.284 e. The van der Waals surface area contributed by atoms with E-state index in [-0.39, 0.29) is 5.56 Å². The molecule has 0 atom stereocenters. The highest BCUT2D eigenvalue weighted by Gasteiger charge is 2.28. The fraction of sp³-hybridized carbons (Fsp3) is 0.583. The van der Waals surface area contributed by atoms with E-state index < -0.39 is 0 Å². The number of hydrogen-bond acceptors (Lipinski definition) is 3. The Morgan fingerprint density at radius 3 is 2.88 bits per heavy atom. The van der Waals surface area contributed by atoms with E-state index in [1.165, 1.54) is 25.7 Å². The van der Waals surface area contributed by atoms with Crippen LogP contribution in [0.4, 0.5) is 0 Å². The van der Waals surface area contributed by atoms with Crippen LogP contribution < -0.4 is 5.56 Å². The third-order valence-corrected chi connectivity index (χ3v) is 3.60. The van der Waals surface area contributed by atoms with Gasteiger partial charge >= 0.3 is 0 Å². The summed E-state index contributed by atoms with van der Waals surface area (Å²) >= 11 is 0. The zero-order chi connectivity index (χ0) is 11.4. The van der Waals surface area contributed by atoms with Crippen LogP contribution in [0.1, 0.15) is 37.5 Å². The van der Waals surface area contributed by atoms with Crippen LogP contribution in [0.3, 0.4) is 0 Å². The molecule has 0 aliphatic heterocycles. The quantitative estimate of drug-likeness (QED) is 0.867. The average molecular weight is 230 g/mol. The third-order valence-electron chi connectivity index (χ3n) is 3.60. The lowest BCUT2D eigenvalue weighted by Gasteiger charge is -2.03. The molecule has 5 heteroatoms. The zero-order valence-electron chi connectivity index (χ0n) is 9.52. The largest absolute Gasteiger partial charge is 0.328 e. The lowest BCUT2D eigenvalue weighted by Crippen LogP contribution is -2.13. The van der Waals surface area contributed by atoms with Crippen LogP contribution in [0.2, 0.25) is 0 Å². The number of nitrogens with one attached hydrogen (secondary N) is 1. The van der Waals surface area contributed by atoms with Crippen molar-refractivity contribution >= 4 is 11.0 Å². The van der Waals surface area contributed by atoms with Crippen molar-refractivity contribution in [3.05, 3.63) is 22.4 Å². The normalized spacial score (nSPS) is 20.0. The van der Waals surface area contributed by atoms with Crippen LogP contribution >= 0.6 is 0 Å². The summed E-state index contributed by atoms with van der Waals surface area (Å²) in [5, 5.41) is 4.92. The Kier molecular flexibility index (Phi) is 1.76. The van der Waals surface area contributed by atoms with Crippen molar-refractivity contribution in [1.29, 1.82) is 0 Å². The molecule has 4 rings (SSSR count). The fourth-order valence-electron chi connectivity index (χ4n) is 2.28. The number of aromatic nitrogens is 4. The second kappa shape index (κ2) is 3.18. The van der Waals surface area contributed by atoms with E-state index in [4.69, 9.17) is 0 Å². The highest BCUT2D eigenvalue weighted by molar-refractivity contribution is 5.73. The number of rotatable bonds is 3. The topological polar surface area (TPSA) is 63.6 Å². The number of nitrogens with zero attached hydrogens (tertiary/aromatic N) is 3. The lowest BCUT2D eigenvalue weighted by molar-refractivity contribution is 0.654. The van der Waals surface area contributed by atoms with E-state index in [0.717, 1.165) is 23.8 Å². The molecule has 2 aromatic rings. The first kappa shape index (κ1) is 9.39. The van der Waals surface area contributed by atoms with E-state index >= 15 is 0 Å². The predicted octanol–water partition coefficient (Wildman–Crippen LogP) is 1.41. The third kappa shape index (κ3) is 1.57. The van der Waals surface area contributed by atoms with Crippen molar-refractivity contribution < 1.29 is 0 Å². The Morgan fingerprint density at radius 2 is 2.18 bits per heavy atom. The molecule has 0 radical (unpaired) electrons. The first-order chi connectivity index (χ1) is 8.31. The minimum Gasteiger partial charge on any atom is -0.328 e. The van der Waals surface area contributed by atoms with E-state index in [2.05, 4.69) is 15.1 Å². The van der Waals surface area contributed by atoms with E-state index in [1.54, 1.807) is 6.20 Å². The Bertz CT molecular complexity index is 633. The van der Waals surface area contributed by atoms with Gasteiger partial charge in [0.15, 0.2) is 0 Å². The molecule has 2 fully saturated rings. The van der Waals surface area contributed by atoms with Crippen molar-refractivity contribution in [1.82, 2.24) is 19.7 Å². The van der Waals surface area contributed by atoms with Gasteiger partial charge in [-0.25, -0.2) is 4.68 Å². The van der Waals surface area contributed by atoms with Crippen molar-refractivity contribution in [3.63, 3.8) is 0 Å². The standard InChI is InChI=1S/C12H14N4O/c17-12-9-6-13-16(8-3-4-8)11(9)14-10(15-12)5-7-1-2-7/h6-8H,1-5H2,(H,14,15,17). The van der Waals surface area contributed by atoms with Gasteiger partial charge in [-0.15, -0.1) is 0 Å². The molecule has 0 unspecified atom stereocenters. The lowest BCUT2D eigenvalue weighted by atomic mass is 10.3. The van der Waals surface area contributed by atoms with Crippen LogP contribution in [0.25, 0.3) is 11.0 Å². The second-order valence-corrected chi connectivity index (χ2v) is 5.22. The molecule has 2 saturated carbocycles. The number of aromatic amines is 1. The summed E-state index contributed by atoms with van der Waals surface area (Å²) in [6.07, 6.45) is 7.41. The molecule has 0 amide bonds. The number of fused-ring (bicyclic) bond motifs is 1. The van der Waals surface area contributed by atoms with Crippen LogP contribution in [0, 0.1) is 5.92 Å². The minimum absolute atomic E-state index is 0.138. The molecule has 1 N–H and O–H groups in total. The van der Waals surface area contributed by atoms with Gasteiger partial charge in [-0.3, -0.25) is 4.79 Å². The molecular formula is C12H14N4O. The van der Waals surface area contributed by atoms with Crippen LogP contribution in [0.5, 0.6) is 0 Å². The summed E-state index contributed by atoms with van der Waals surface area (Å²) in [5.41, 5.74) is 0.726. The smallest absolute Gasteiger partial charge is 0.284 e. The highest BCUT2D eigenvalue weighted by atomic mass is 16.1. The van der Waals surface area contributed by atoms with Crippen molar-refractivity contribution in [2.24, 2.45) is 5.92 Å². The van der Waals surface area contributed by atoms with Crippen molar-refractivity contribution in [2.45, 2.75) is 38.1 Å². The highest BCUT2D eigenvalue weighted by Crippen LogP contribution is 2.36. The molecule has 0 bridgehead atoms. The summed E-state index contributed by atoms with van der Waals surface area (Å²) in [5.74, 6) is 1.56. The molecule has 5 nitrogen and oxygen atoms in total. The molecule has 0 aromatic carbocycles. The van der Waals surface area contributed by atoms with Crippen LogP contribution in [-0.4, -0.2) is 19.7 Å². The molecule has 2 aliphatic carbocycles. The summed E-state index contributed by atoms with van der Waals surface area (Å²) in [6, 6.07) is 0.485. The fourth-order valence-corrected chi connectivity index (χ4v) is 2.28. The summed E-state index contributed by atoms with van der Waals surface area (Å²) < 4.78 is 1.95. The van der Waals surface area contributed by atoms with Gasteiger partial charge in [0.05, 0.1) is 12.2 Å². The monoisotopic (exact) mass is 230 g/mol. The van der Waals surface area contributed by atoms with Gasteiger partial charge in [0.2, 0.25) is 0 Å². The van der Waals surface area contributed by atoms with Crippen LogP contribution in [-0.2, 0) is 6.42 Å². The van der Waals surface area contributed by atoms with Gasteiger partial charge in [0.25, 0.3) is 5.56 Å². The van der Waals surface area contributed by atoms with Gasteiger partial charge in [-0.1, -0.05) is 0 Å². The number of hydrogen-bond donors (Lipinski definition) is 1. The van der Waals surface area contributed by atoms with Crippen LogP contribution in [0.15, 0.2) is 11.0 Å². The summed E-state index contributed by atoms with van der Waals surface area (Å²) in [4.78, 5) is 19.3. The minimum atomic E-state index is -0.138. The summed E-state index contributed by atoms with van der Waals surface area (Å²) in [6.45, 7) is 0. The molecule has 2 aliphatic rings. The molecule has 2 heterocycles. The maximum absolute atomic E-state index is 11.9. The molecule has 0 spiro atoms. The zero-order valence-corrected chi connectivity index (χ0v) is 9.52. The maximum atomic E-state index is 11.9. The SMILES string of the molecule is O=c1nc(CC2CC2)[nH]c2c1cnn2C1CC1. The van der Waals surface area contributed by atoms with Crippen molar-refractivity contribution in [2.75, 3.05) is 0 Å². The first-order valence-electron chi connectivity index (χ1n) is 6.27. The molecule has 2 aromatic heterocycles. The Labute approximate surface area is 97.9 Å². The second-order valence-electron chi connectivity index (χ2n) is 5.22. The van der Waals surface area contributed by atoms with Gasteiger partial charge < -0.3 is 4.98 Å².